The van der Waals surface area contributed by atoms with Crippen molar-refractivity contribution in [2.75, 3.05) is 0 Å². The Bertz CT molecular complexity index is 347. The molecule has 2 heteroatoms. The molecular weight excluding hydrogens is 356 g/mol. The molecule has 0 aliphatic rings. The molecule has 0 amide bonds. The van der Waals surface area contributed by atoms with E-state index in [4.69, 9.17) is 5.11 Å². The topological polar surface area (TPSA) is 37.3 Å². The van der Waals surface area contributed by atoms with Gasteiger partial charge in [0.25, 0.3) is 0 Å². The largest absolute Gasteiger partial charge is 0.478 e. The number of carboxylic acid groups (broad SMARTS) is 1. The first kappa shape index (κ1) is 28.2. The lowest BCUT2D eigenvalue weighted by molar-refractivity contribution is -0.131. The van der Waals surface area contributed by atoms with Gasteiger partial charge in [0.05, 0.1) is 0 Å². The van der Waals surface area contributed by atoms with Gasteiger partial charge in [-0.25, -0.2) is 4.79 Å². The summed E-state index contributed by atoms with van der Waals surface area (Å²) < 4.78 is 0. The Morgan fingerprint density at radius 2 is 0.793 bits per heavy atom. The lowest BCUT2D eigenvalue weighted by Gasteiger charge is -2.08. The number of hydrogen-bond acceptors (Lipinski definition) is 1. The second kappa shape index (κ2) is 23.5. The van der Waals surface area contributed by atoms with Crippen LogP contribution in [0.1, 0.15) is 155 Å². The Labute approximate surface area is 182 Å². The van der Waals surface area contributed by atoms with Crippen LogP contribution in [-0.4, -0.2) is 11.1 Å². The maximum atomic E-state index is 11.1. The van der Waals surface area contributed by atoms with E-state index in [-0.39, 0.29) is 0 Å². The van der Waals surface area contributed by atoms with Crippen molar-refractivity contribution in [2.45, 2.75) is 155 Å². The normalized spacial score (nSPS) is 11.0. The number of hydrogen-bond donors (Lipinski definition) is 1. The minimum atomic E-state index is -0.765. The molecule has 0 bridgehead atoms. The Kier molecular flexibility index (Phi) is 22.8. The first-order valence-corrected chi connectivity index (χ1v) is 13.1. The molecule has 0 atom stereocenters. The third-order valence-corrected chi connectivity index (χ3v) is 6.03. The standard InChI is InChI=1S/C27H52O2/c1-3-5-7-9-11-13-15-17-19-21-23-26(25-27(28)29)24-22-20-18-16-14-12-10-8-6-4-2/h25H,3-24H2,1-2H3,(H,28,29). The van der Waals surface area contributed by atoms with Crippen molar-refractivity contribution >= 4 is 5.97 Å². The second-order valence-corrected chi connectivity index (χ2v) is 9.00. The monoisotopic (exact) mass is 408 g/mol. The summed E-state index contributed by atoms with van der Waals surface area (Å²) in [7, 11) is 0. The molecule has 0 rings (SSSR count). The van der Waals surface area contributed by atoms with Gasteiger partial charge >= 0.3 is 5.97 Å². The lowest BCUT2D eigenvalue weighted by Crippen LogP contribution is -1.94. The summed E-state index contributed by atoms with van der Waals surface area (Å²) in [5.74, 6) is -0.765. The number of allylic oxidation sites excluding steroid dienone is 1. The molecule has 0 unspecified atom stereocenters. The summed E-state index contributed by atoms with van der Waals surface area (Å²) in [4.78, 5) is 11.1. The van der Waals surface area contributed by atoms with E-state index >= 15 is 0 Å². The molecule has 0 heterocycles. The molecule has 0 aliphatic heterocycles. The predicted molar refractivity (Wildman–Crippen MR) is 129 cm³/mol. The molecule has 0 aromatic carbocycles. The van der Waals surface area contributed by atoms with E-state index in [2.05, 4.69) is 13.8 Å². The van der Waals surface area contributed by atoms with Gasteiger partial charge in [-0.15, -0.1) is 0 Å². The number of carboxylic acids is 1. The number of rotatable bonds is 23. The highest BCUT2D eigenvalue weighted by Crippen LogP contribution is 2.19. The highest BCUT2D eigenvalue weighted by molar-refractivity contribution is 5.80. The number of carbonyl (C=O) groups is 1. The van der Waals surface area contributed by atoms with E-state index in [9.17, 15) is 4.79 Å². The second-order valence-electron chi connectivity index (χ2n) is 9.00. The van der Waals surface area contributed by atoms with Gasteiger partial charge in [0.15, 0.2) is 0 Å². The number of unbranched alkanes of at least 4 members (excludes halogenated alkanes) is 18. The van der Waals surface area contributed by atoms with Gasteiger partial charge in [-0.2, -0.15) is 0 Å². The summed E-state index contributed by atoms with van der Waals surface area (Å²) in [5.41, 5.74) is 1.16. The molecule has 0 aromatic rings. The van der Waals surface area contributed by atoms with Crippen molar-refractivity contribution < 1.29 is 9.90 Å². The van der Waals surface area contributed by atoms with E-state index in [0.717, 1.165) is 31.3 Å². The van der Waals surface area contributed by atoms with E-state index in [1.165, 1.54) is 122 Å². The Morgan fingerprint density at radius 1 is 0.517 bits per heavy atom. The maximum Gasteiger partial charge on any atom is 0.328 e. The third kappa shape index (κ3) is 23.4. The Balaban J connectivity index is 3.62. The van der Waals surface area contributed by atoms with Crippen LogP contribution in [0.25, 0.3) is 0 Å². The molecule has 0 aromatic heterocycles. The Hall–Kier alpha value is -0.790. The third-order valence-electron chi connectivity index (χ3n) is 6.03. The van der Waals surface area contributed by atoms with Crippen LogP contribution in [0.3, 0.4) is 0 Å². The molecule has 0 radical (unpaired) electrons. The zero-order valence-electron chi connectivity index (χ0n) is 20.0. The highest BCUT2D eigenvalue weighted by atomic mass is 16.4. The first-order chi connectivity index (χ1) is 14.2. The molecule has 0 fully saturated rings. The quantitative estimate of drug-likeness (QED) is 0.135. The molecule has 0 saturated heterocycles. The smallest absolute Gasteiger partial charge is 0.328 e. The lowest BCUT2D eigenvalue weighted by atomic mass is 9.98. The van der Waals surface area contributed by atoms with Crippen LogP contribution in [-0.2, 0) is 4.79 Å². The molecule has 172 valence electrons. The summed E-state index contributed by atoms with van der Waals surface area (Å²) >= 11 is 0. The van der Waals surface area contributed by atoms with Crippen LogP contribution in [0.4, 0.5) is 0 Å². The van der Waals surface area contributed by atoms with Gasteiger partial charge in [-0.1, -0.05) is 135 Å². The van der Waals surface area contributed by atoms with E-state index in [1.807, 2.05) is 0 Å². The summed E-state index contributed by atoms with van der Waals surface area (Å²) in [6, 6.07) is 0. The van der Waals surface area contributed by atoms with Crippen LogP contribution in [0, 0.1) is 0 Å². The van der Waals surface area contributed by atoms with Crippen molar-refractivity contribution in [1.82, 2.24) is 0 Å². The minimum Gasteiger partial charge on any atom is -0.478 e. The van der Waals surface area contributed by atoms with E-state index < -0.39 is 5.97 Å². The zero-order chi connectivity index (χ0) is 21.4. The van der Waals surface area contributed by atoms with Crippen LogP contribution in [0.15, 0.2) is 11.6 Å². The van der Waals surface area contributed by atoms with Crippen molar-refractivity contribution in [3.8, 4) is 0 Å². The molecule has 0 saturated carbocycles. The molecule has 1 N–H and O–H groups in total. The average molecular weight is 409 g/mol. The van der Waals surface area contributed by atoms with Crippen molar-refractivity contribution in [1.29, 1.82) is 0 Å². The van der Waals surface area contributed by atoms with Crippen molar-refractivity contribution in [3.63, 3.8) is 0 Å². The van der Waals surface area contributed by atoms with Crippen LogP contribution in [0.2, 0.25) is 0 Å². The van der Waals surface area contributed by atoms with Gasteiger partial charge < -0.3 is 5.11 Å². The minimum absolute atomic E-state index is 0.765. The summed E-state index contributed by atoms with van der Waals surface area (Å²) in [5, 5.41) is 9.13. The van der Waals surface area contributed by atoms with Gasteiger partial charge in [0.2, 0.25) is 0 Å². The fourth-order valence-electron chi connectivity index (χ4n) is 4.12. The average Bonchev–Trinajstić information content (AvgIpc) is 2.70. The van der Waals surface area contributed by atoms with E-state index in [0.29, 0.717) is 0 Å². The zero-order valence-corrected chi connectivity index (χ0v) is 20.0. The number of aliphatic carboxylic acids is 1. The fourth-order valence-corrected chi connectivity index (χ4v) is 4.12. The van der Waals surface area contributed by atoms with E-state index in [1.54, 1.807) is 0 Å². The maximum absolute atomic E-state index is 11.1. The van der Waals surface area contributed by atoms with Gasteiger partial charge in [-0.05, 0) is 25.7 Å². The first-order valence-electron chi connectivity index (χ1n) is 13.1. The summed E-state index contributed by atoms with van der Waals surface area (Å²) in [6.07, 6.45) is 30.2. The highest BCUT2D eigenvalue weighted by Gasteiger charge is 2.02. The molecule has 0 aliphatic carbocycles. The van der Waals surface area contributed by atoms with Crippen molar-refractivity contribution in [3.05, 3.63) is 11.6 Å². The molecule has 29 heavy (non-hydrogen) atoms. The van der Waals surface area contributed by atoms with Crippen molar-refractivity contribution in [2.24, 2.45) is 0 Å². The fraction of sp³-hybridized carbons (Fsp3) is 0.889. The van der Waals surface area contributed by atoms with Crippen LogP contribution in [0.5, 0.6) is 0 Å². The summed E-state index contributed by atoms with van der Waals surface area (Å²) in [6.45, 7) is 4.53. The SMILES string of the molecule is CCCCCCCCCCCCC(=CC(=O)O)CCCCCCCCCCCC. The molecule has 2 nitrogen and oxygen atoms in total. The van der Waals surface area contributed by atoms with Crippen LogP contribution < -0.4 is 0 Å². The van der Waals surface area contributed by atoms with Crippen LogP contribution >= 0.6 is 0 Å². The molecule has 0 spiro atoms. The Morgan fingerprint density at radius 3 is 1.07 bits per heavy atom. The van der Waals surface area contributed by atoms with Gasteiger partial charge in [0, 0.05) is 6.08 Å². The van der Waals surface area contributed by atoms with Gasteiger partial charge in [0.1, 0.15) is 0 Å². The predicted octanol–water partition coefficient (Wildman–Crippen LogP) is 9.62. The van der Waals surface area contributed by atoms with Gasteiger partial charge in [-0.3, -0.25) is 0 Å². The molecular formula is C27H52O2.